The number of morpholine rings is 1. The van der Waals surface area contributed by atoms with Gasteiger partial charge in [0.2, 0.25) is 11.9 Å². The summed E-state index contributed by atoms with van der Waals surface area (Å²) < 4.78 is 6.22. The number of hydrogen-bond donors (Lipinski definition) is 0. The molecular formula is C16H20N6O. The highest BCUT2D eigenvalue weighted by atomic mass is 16.5. The fraction of sp³-hybridized carbons (Fsp3) is 0.500. The molecule has 0 aliphatic carbocycles. The van der Waals surface area contributed by atoms with Crippen molar-refractivity contribution in [2.75, 3.05) is 42.6 Å². The quantitative estimate of drug-likeness (QED) is 0.824. The van der Waals surface area contributed by atoms with Gasteiger partial charge in [-0.25, -0.2) is 19.9 Å². The van der Waals surface area contributed by atoms with Gasteiger partial charge < -0.3 is 14.5 Å². The Labute approximate surface area is 135 Å². The summed E-state index contributed by atoms with van der Waals surface area (Å²) in [7, 11) is 0. The van der Waals surface area contributed by atoms with E-state index in [0.29, 0.717) is 6.61 Å². The first-order chi connectivity index (χ1) is 11.3. The maximum atomic E-state index is 6.22. The van der Waals surface area contributed by atoms with Crippen molar-refractivity contribution in [3.05, 3.63) is 36.9 Å². The number of aromatic nitrogens is 4. The highest BCUT2D eigenvalue weighted by Gasteiger charge is 2.41. The zero-order chi connectivity index (χ0) is 15.5. The van der Waals surface area contributed by atoms with Crippen LogP contribution in [0.15, 0.2) is 36.9 Å². The van der Waals surface area contributed by atoms with Crippen molar-refractivity contribution in [3.63, 3.8) is 0 Å². The summed E-state index contributed by atoms with van der Waals surface area (Å²) in [4.78, 5) is 22.0. The zero-order valence-corrected chi connectivity index (χ0v) is 13.0. The molecule has 0 radical (unpaired) electrons. The maximum absolute atomic E-state index is 6.22. The number of rotatable bonds is 2. The molecule has 4 rings (SSSR count). The monoisotopic (exact) mass is 312 g/mol. The molecule has 2 saturated heterocycles. The topological polar surface area (TPSA) is 67.3 Å². The Bertz CT molecular complexity index is 580. The lowest BCUT2D eigenvalue weighted by Crippen LogP contribution is -2.60. The van der Waals surface area contributed by atoms with Crippen LogP contribution in [-0.4, -0.2) is 58.3 Å². The van der Waals surface area contributed by atoms with Gasteiger partial charge in [-0.2, -0.15) is 0 Å². The van der Waals surface area contributed by atoms with E-state index < -0.39 is 0 Å². The van der Waals surface area contributed by atoms with Crippen LogP contribution in [0.1, 0.15) is 12.8 Å². The molecule has 1 unspecified atom stereocenters. The van der Waals surface area contributed by atoms with Crippen molar-refractivity contribution in [1.82, 2.24) is 19.9 Å². The first-order valence-corrected chi connectivity index (χ1v) is 8.03. The molecule has 7 heteroatoms. The number of ether oxygens (including phenoxy) is 1. The van der Waals surface area contributed by atoms with E-state index in [1.807, 2.05) is 12.1 Å². The van der Waals surface area contributed by atoms with Gasteiger partial charge in [-0.15, -0.1) is 0 Å². The summed E-state index contributed by atoms with van der Waals surface area (Å²) in [6.07, 6.45) is 9.26. The second-order valence-corrected chi connectivity index (χ2v) is 6.08. The molecular weight excluding hydrogens is 292 g/mol. The molecule has 2 aliphatic rings. The molecule has 2 aromatic rings. The Hall–Kier alpha value is -2.28. The molecule has 2 aliphatic heterocycles. The van der Waals surface area contributed by atoms with E-state index in [-0.39, 0.29) is 5.60 Å². The van der Waals surface area contributed by atoms with Crippen LogP contribution in [0.2, 0.25) is 0 Å². The Morgan fingerprint density at radius 1 is 0.826 bits per heavy atom. The van der Waals surface area contributed by atoms with Crippen LogP contribution in [0.5, 0.6) is 0 Å². The van der Waals surface area contributed by atoms with Gasteiger partial charge in [-0.1, -0.05) is 0 Å². The minimum absolute atomic E-state index is 0.200. The molecule has 23 heavy (non-hydrogen) atoms. The Morgan fingerprint density at radius 3 is 2.00 bits per heavy atom. The molecule has 4 heterocycles. The number of piperidine rings is 1. The average molecular weight is 312 g/mol. The van der Waals surface area contributed by atoms with Gasteiger partial charge in [0.15, 0.2) is 0 Å². The predicted octanol–water partition coefficient (Wildman–Crippen LogP) is 1.14. The standard InChI is InChI=1S/C16H20N6O/c1-4-16(12-21(9-1)14-17-5-2-6-18-14)13-22(10-11-23-16)15-19-7-3-8-20-15/h2-3,5-8H,1,4,9-13H2. The molecule has 120 valence electrons. The lowest BCUT2D eigenvalue weighted by Gasteiger charge is -2.47. The minimum atomic E-state index is -0.200. The fourth-order valence-electron chi connectivity index (χ4n) is 3.44. The maximum Gasteiger partial charge on any atom is 0.225 e. The van der Waals surface area contributed by atoms with Gasteiger partial charge >= 0.3 is 0 Å². The molecule has 0 aromatic carbocycles. The van der Waals surface area contributed by atoms with Crippen LogP contribution < -0.4 is 9.80 Å². The molecule has 7 nitrogen and oxygen atoms in total. The first-order valence-electron chi connectivity index (χ1n) is 8.03. The van der Waals surface area contributed by atoms with Crippen molar-refractivity contribution in [3.8, 4) is 0 Å². The molecule has 1 spiro atoms. The molecule has 1 atom stereocenters. The van der Waals surface area contributed by atoms with Crippen LogP contribution in [0.3, 0.4) is 0 Å². The Morgan fingerprint density at radius 2 is 1.39 bits per heavy atom. The SMILES string of the molecule is c1cnc(N2CCCC3(C2)CN(c2ncccn2)CCO3)nc1. The zero-order valence-electron chi connectivity index (χ0n) is 13.0. The van der Waals surface area contributed by atoms with Crippen molar-refractivity contribution in [2.45, 2.75) is 18.4 Å². The summed E-state index contributed by atoms with van der Waals surface area (Å²) in [5.74, 6) is 1.56. The summed E-state index contributed by atoms with van der Waals surface area (Å²) in [6.45, 7) is 4.10. The van der Waals surface area contributed by atoms with E-state index in [2.05, 4.69) is 29.7 Å². The largest absolute Gasteiger partial charge is 0.369 e. The smallest absolute Gasteiger partial charge is 0.225 e. The van der Waals surface area contributed by atoms with E-state index in [9.17, 15) is 0 Å². The summed E-state index contributed by atoms with van der Waals surface area (Å²) in [5.41, 5.74) is -0.200. The molecule has 0 saturated carbocycles. The van der Waals surface area contributed by atoms with Crippen molar-refractivity contribution < 1.29 is 4.74 Å². The van der Waals surface area contributed by atoms with Crippen LogP contribution in [0, 0.1) is 0 Å². The number of nitrogens with zero attached hydrogens (tertiary/aromatic N) is 6. The van der Waals surface area contributed by atoms with Gasteiger partial charge in [0.1, 0.15) is 5.60 Å². The van der Waals surface area contributed by atoms with Crippen molar-refractivity contribution >= 4 is 11.9 Å². The lowest BCUT2D eigenvalue weighted by molar-refractivity contribution is -0.0635. The van der Waals surface area contributed by atoms with Crippen molar-refractivity contribution in [1.29, 1.82) is 0 Å². The molecule has 2 fully saturated rings. The van der Waals surface area contributed by atoms with Crippen LogP contribution in [-0.2, 0) is 4.74 Å². The Balaban J connectivity index is 1.53. The third-order valence-electron chi connectivity index (χ3n) is 4.46. The van der Waals surface area contributed by atoms with Gasteiger partial charge in [-0.05, 0) is 25.0 Å². The average Bonchev–Trinajstić information content (AvgIpc) is 2.63. The number of anilines is 2. The summed E-state index contributed by atoms with van der Waals surface area (Å²) in [5, 5.41) is 0. The second-order valence-electron chi connectivity index (χ2n) is 6.08. The number of hydrogen-bond acceptors (Lipinski definition) is 7. The van der Waals surface area contributed by atoms with Crippen LogP contribution >= 0.6 is 0 Å². The van der Waals surface area contributed by atoms with Gasteiger partial charge in [0.05, 0.1) is 19.7 Å². The molecule has 2 aromatic heterocycles. The van der Waals surface area contributed by atoms with Crippen LogP contribution in [0.25, 0.3) is 0 Å². The van der Waals surface area contributed by atoms with Crippen LogP contribution in [0.4, 0.5) is 11.9 Å². The van der Waals surface area contributed by atoms with E-state index >= 15 is 0 Å². The Kier molecular flexibility index (Phi) is 3.78. The third kappa shape index (κ3) is 2.96. The lowest BCUT2D eigenvalue weighted by atomic mass is 9.91. The predicted molar refractivity (Wildman–Crippen MR) is 86.4 cm³/mol. The minimum Gasteiger partial charge on any atom is -0.369 e. The highest BCUT2D eigenvalue weighted by Crippen LogP contribution is 2.31. The normalized spacial score (nSPS) is 24.9. The van der Waals surface area contributed by atoms with Gasteiger partial charge in [0, 0.05) is 37.9 Å². The first kappa shape index (κ1) is 14.3. The molecule has 0 bridgehead atoms. The van der Waals surface area contributed by atoms with E-state index in [1.54, 1.807) is 24.8 Å². The van der Waals surface area contributed by atoms with Crippen molar-refractivity contribution in [2.24, 2.45) is 0 Å². The third-order valence-corrected chi connectivity index (χ3v) is 4.46. The van der Waals surface area contributed by atoms with Gasteiger partial charge in [0.25, 0.3) is 0 Å². The molecule has 0 N–H and O–H groups in total. The summed E-state index contributed by atoms with van der Waals surface area (Å²) in [6, 6.07) is 3.68. The summed E-state index contributed by atoms with van der Waals surface area (Å²) >= 11 is 0. The van der Waals surface area contributed by atoms with E-state index in [1.165, 1.54) is 0 Å². The van der Waals surface area contributed by atoms with E-state index in [4.69, 9.17) is 4.74 Å². The van der Waals surface area contributed by atoms with Gasteiger partial charge in [-0.3, -0.25) is 0 Å². The fourth-order valence-corrected chi connectivity index (χ4v) is 3.44. The van der Waals surface area contributed by atoms with E-state index in [0.717, 1.165) is 50.9 Å². The highest BCUT2D eigenvalue weighted by molar-refractivity contribution is 5.35. The second kappa shape index (κ2) is 6.08. The molecule has 0 amide bonds.